The summed E-state index contributed by atoms with van der Waals surface area (Å²) in [7, 11) is 0. The topological polar surface area (TPSA) is 88.2 Å². The summed E-state index contributed by atoms with van der Waals surface area (Å²) >= 11 is 0. The van der Waals surface area contributed by atoms with Crippen molar-refractivity contribution >= 4 is 5.69 Å². The summed E-state index contributed by atoms with van der Waals surface area (Å²) in [6.45, 7) is 5.97. The summed E-state index contributed by atoms with van der Waals surface area (Å²) < 4.78 is 5.51. The molecular formula is C13H17N3O3. The largest absolute Gasteiger partial charge is 0.484 e. The highest BCUT2D eigenvalue weighted by Gasteiger charge is 2.26. The van der Waals surface area contributed by atoms with Crippen molar-refractivity contribution in [3.8, 4) is 11.8 Å². The van der Waals surface area contributed by atoms with E-state index in [4.69, 9.17) is 10.00 Å². The van der Waals surface area contributed by atoms with Crippen molar-refractivity contribution in [1.82, 2.24) is 5.32 Å². The average molecular weight is 263 g/mol. The molecule has 0 saturated carbocycles. The number of aryl methyl sites for hydroxylation is 1. The number of rotatable bonds is 6. The van der Waals surface area contributed by atoms with E-state index in [1.165, 1.54) is 6.07 Å². The fourth-order valence-electron chi connectivity index (χ4n) is 1.70. The molecule has 19 heavy (non-hydrogen) atoms. The third kappa shape index (κ3) is 3.66. The van der Waals surface area contributed by atoms with Crippen LogP contribution in [0.4, 0.5) is 5.69 Å². The van der Waals surface area contributed by atoms with Crippen molar-refractivity contribution in [2.24, 2.45) is 0 Å². The second-order valence-electron chi connectivity index (χ2n) is 4.44. The minimum absolute atomic E-state index is 0.0447. The van der Waals surface area contributed by atoms with Gasteiger partial charge in [-0.05, 0) is 26.0 Å². The van der Waals surface area contributed by atoms with Crippen molar-refractivity contribution in [3.63, 3.8) is 0 Å². The fraction of sp³-hybridized carbons (Fsp3) is 0.462. The molecule has 0 aliphatic rings. The molecule has 0 spiro atoms. The number of nitrogens with zero attached hydrogens (tertiary/aromatic N) is 2. The number of ether oxygens (including phenoxy) is 1. The zero-order valence-corrected chi connectivity index (χ0v) is 11.3. The van der Waals surface area contributed by atoms with Gasteiger partial charge in [-0.25, -0.2) is 0 Å². The first-order valence-electron chi connectivity index (χ1n) is 5.96. The van der Waals surface area contributed by atoms with E-state index in [1.807, 2.05) is 6.92 Å². The average Bonchev–Trinajstić information content (AvgIpc) is 2.37. The van der Waals surface area contributed by atoms with E-state index in [-0.39, 0.29) is 18.0 Å². The summed E-state index contributed by atoms with van der Waals surface area (Å²) in [4.78, 5) is 10.5. The van der Waals surface area contributed by atoms with Crippen LogP contribution in [0.1, 0.15) is 19.4 Å². The number of hydrogen-bond acceptors (Lipinski definition) is 5. The fourth-order valence-corrected chi connectivity index (χ4v) is 1.70. The molecular weight excluding hydrogens is 246 g/mol. The first kappa shape index (κ1) is 14.9. The van der Waals surface area contributed by atoms with Gasteiger partial charge in [0.15, 0.2) is 5.75 Å². The zero-order chi connectivity index (χ0) is 14.5. The third-order valence-corrected chi connectivity index (χ3v) is 2.71. The highest BCUT2D eigenvalue weighted by Crippen LogP contribution is 2.30. The van der Waals surface area contributed by atoms with Crippen molar-refractivity contribution in [3.05, 3.63) is 33.9 Å². The number of nitriles is 1. The summed E-state index contributed by atoms with van der Waals surface area (Å²) in [6.07, 6.45) is 0. The maximum atomic E-state index is 10.9. The van der Waals surface area contributed by atoms with Gasteiger partial charge in [0.05, 0.1) is 11.0 Å². The summed E-state index contributed by atoms with van der Waals surface area (Å²) in [5, 5.41) is 23.0. The zero-order valence-electron chi connectivity index (χ0n) is 11.3. The van der Waals surface area contributed by atoms with Gasteiger partial charge < -0.3 is 4.74 Å². The SMILES string of the molecule is CCNC(C)(C#N)COc1c(C)cccc1[N+](=O)[O-]. The van der Waals surface area contributed by atoms with Crippen LogP contribution in [0.5, 0.6) is 5.75 Å². The number of para-hydroxylation sites is 1. The molecule has 0 fully saturated rings. The molecule has 0 aliphatic carbocycles. The lowest BCUT2D eigenvalue weighted by Gasteiger charge is -2.23. The normalized spacial score (nSPS) is 13.4. The Labute approximate surface area is 112 Å². The van der Waals surface area contributed by atoms with Gasteiger partial charge in [0, 0.05) is 6.07 Å². The summed E-state index contributed by atoms with van der Waals surface area (Å²) in [6, 6.07) is 6.84. The standard InChI is InChI=1S/C13H17N3O3/c1-4-15-13(3,8-14)9-19-12-10(2)6-5-7-11(12)16(17)18/h5-7,15H,4,9H2,1-3H3. The molecule has 1 aromatic carbocycles. The van der Waals surface area contributed by atoms with Crippen molar-refractivity contribution in [2.45, 2.75) is 26.3 Å². The lowest BCUT2D eigenvalue weighted by Crippen LogP contribution is -2.46. The van der Waals surface area contributed by atoms with Gasteiger partial charge in [0.2, 0.25) is 0 Å². The maximum Gasteiger partial charge on any atom is 0.311 e. The molecule has 1 rings (SSSR count). The minimum atomic E-state index is -0.870. The highest BCUT2D eigenvalue weighted by atomic mass is 16.6. The van der Waals surface area contributed by atoms with Gasteiger partial charge in [-0.1, -0.05) is 19.1 Å². The van der Waals surface area contributed by atoms with Crippen LogP contribution >= 0.6 is 0 Å². The van der Waals surface area contributed by atoms with E-state index in [0.717, 1.165) is 0 Å². The van der Waals surface area contributed by atoms with Crippen molar-refractivity contribution in [1.29, 1.82) is 5.26 Å². The molecule has 102 valence electrons. The van der Waals surface area contributed by atoms with E-state index >= 15 is 0 Å². The number of benzene rings is 1. The predicted molar refractivity (Wildman–Crippen MR) is 71.0 cm³/mol. The Morgan fingerprint density at radius 1 is 1.58 bits per heavy atom. The van der Waals surface area contributed by atoms with Gasteiger partial charge in [0.25, 0.3) is 0 Å². The van der Waals surface area contributed by atoms with E-state index in [1.54, 1.807) is 26.0 Å². The van der Waals surface area contributed by atoms with Crippen LogP contribution in [0.2, 0.25) is 0 Å². The van der Waals surface area contributed by atoms with E-state index in [2.05, 4.69) is 11.4 Å². The first-order valence-corrected chi connectivity index (χ1v) is 5.96. The molecule has 6 nitrogen and oxygen atoms in total. The van der Waals surface area contributed by atoms with Crippen LogP contribution in [0.3, 0.4) is 0 Å². The Hall–Kier alpha value is -2.13. The molecule has 1 atom stereocenters. The lowest BCUT2D eigenvalue weighted by molar-refractivity contribution is -0.386. The van der Waals surface area contributed by atoms with Crippen LogP contribution in [0.15, 0.2) is 18.2 Å². The molecule has 0 amide bonds. The molecule has 1 unspecified atom stereocenters. The molecule has 0 saturated heterocycles. The number of likely N-dealkylation sites (N-methyl/N-ethyl adjacent to an activating group) is 1. The van der Waals surface area contributed by atoms with E-state index < -0.39 is 10.5 Å². The number of nitrogens with one attached hydrogen (secondary N) is 1. The van der Waals surface area contributed by atoms with Crippen molar-refractivity contribution in [2.75, 3.05) is 13.2 Å². The monoisotopic (exact) mass is 263 g/mol. The first-order chi connectivity index (χ1) is 8.93. The maximum absolute atomic E-state index is 10.9. The highest BCUT2D eigenvalue weighted by molar-refractivity contribution is 5.51. The molecule has 0 aliphatic heterocycles. The Kier molecular flexibility index (Phi) is 4.84. The second-order valence-corrected chi connectivity index (χ2v) is 4.44. The van der Waals surface area contributed by atoms with Crippen LogP contribution in [0, 0.1) is 28.4 Å². The third-order valence-electron chi connectivity index (χ3n) is 2.71. The predicted octanol–water partition coefficient (Wildman–Crippen LogP) is 2.17. The lowest BCUT2D eigenvalue weighted by atomic mass is 10.1. The van der Waals surface area contributed by atoms with Gasteiger partial charge in [0.1, 0.15) is 12.1 Å². The van der Waals surface area contributed by atoms with Crippen molar-refractivity contribution < 1.29 is 9.66 Å². The summed E-state index contributed by atoms with van der Waals surface area (Å²) in [5.41, 5.74) is -0.284. The quantitative estimate of drug-likeness (QED) is 0.627. The van der Waals surface area contributed by atoms with Gasteiger partial charge in [-0.15, -0.1) is 0 Å². The molecule has 0 heterocycles. The van der Waals surface area contributed by atoms with Crippen LogP contribution in [0.25, 0.3) is 0 Å². The molecule has 0 radical (unpaired) electrons. The minimum Gasteiger partial charge on any atom is -0.484 e. The number of nitro benzene ring substituents is 1. The van der Waals surface area contributed by atoms with Gasteiger partial charge in [-0.2, -0.15) is 5.26 Å². The Bertz CT molecular complexity index is 510. The van der Waals surface area contributed by atoms with E-state index in [9.17, 15) is 10.1 Å². The smallest absolute Gasteiger partial charge is 0.311 e. The summed E-state index contributed by atoms with van der Waals surface area (Å²) in [5.74, 6) is 0.215. The molecule has 1 aromatic rings. The Morgan fingerprint density at radius 2 is 2.26 bits per heavy atom. The molecule has 0 bridgehead atoms. The van der Waals surface area contributed by atoms with E-state index in [0.29, 0.717) is 12.1 Å². The Balaban J connectivity index is 2.95. The van der Waals surface area contributed by atoms with Crippen LogP contribution < -0.4 is 10.1 Å². The Morgan fingerprint density at radius 3 is 2.79 bits per heavy atom. The number of hydrogen-bond donors (Lipinski definition) is 1. The molecule has 1 N–H and O–H groups in total. The molecule has 6 heteroatoms. The second kappa shape index (κ2) is 6.16. The van der Waals surface area contributed by atoms with Gasteiger partial charge in [-0.3, -0.25) is 15.4 Å². The van der Waals surface area contributed by atoms with Gasteiger partial charge >= 0.3 is 5.69 Å². The molecule has 0 aromatic heterocycles. The van der Waals surface area contributed by atoms with Crippen LogP contribution in [-0.4, -0.2) is 23.6 Å². The number of nitro groups is 1. The van der Waals surface area contributed by atoms with Crippen LogP contribution in [-0.2, 0) is 0 Å².